The number of hydrogen-bond donors (Lipinski definition) is 0. The monoisotopic (exact) mass is 406 g/mol. The molecule has 2 aromatic rings. The largest absolute Gasteiger partial charge is 0.486 e. The predicted molar refractivity (Wildman–Crippen MR) is 105 cm³/mol. The number of likely N-dealkylation sites (tertiary alicyclic amines) is 1. The van der Waals surface area contributed by atoms with Crippen LogP contribution in [-0.2, 0) is 11.3 Å². The number of carbonyl (C=O) groups is 1. The number of nitrogens with zero attached hydrogens (tertiary/aromatic N) is 2. The third-order valence-electron chi connectivity index (χ3n) is 4.36. The van der Waals surface area contributed by atoms with Gasteiger partial charge in [-0.25, -0.2) is 9.18 Å². The molecule has 1 atom stereocenters. The average molecular weight is 407 g/mol. The Bertz CT molecular complexity index is 854. The molecule has 1 aliphatic rings. The minimum atomic E-state index is -0.546. The summed E-state index contributed by atoms with van der Waals surface area (Å²) in [6.07, 6.45) is 3.06. The summed E-state index contributed by atoms with van der Waals surface area (Å²) in [5, 5.41) is 0.319. The highest BCUT2D eigenvalue weighted by Crippen LogP contribution is 2.32. The molecule has 1 amide bonds. The Morgan fingerprint density at radius 1 is 1.32 bits per heavy atom. The van der Waals surface area contributed by atoms with Gasteiger partial charge in [0, 0.05) is 17.8 Å². The number of hydrogen-bond acceptors (Lipinski definition) is 4. The Morgan fingerprint density at radius 3 is 2.82 bits per heavy atom. The fourth-order valence-electron chi connectivity index (χ4n) is 3.13. The molecule has 150 valence electrons. The standard InChI is InChI=1S/C21H24ClFN2O3/c1-21(2,3)28-20(26)25-10-4-5-18(25)17-11-14(8-9-24-17)13-27-19-7-6-15(22)12-16(19)23/h6-9,11-12,18H,4-5,10,13H2,1-3H3. The van der Waals surface area contributed by atoms with Crippen LogP contribution >= 0.6 is 11.6 Å². The molecule has 5 nitrogen and oxygen atoms in total. The van der Waals surface area contributed by atoms with Crippen LogP contribution in [0.2, 0.25) is 5.02 Å². The summed E-state index contributed by atoms with van der Waals surface area (Å²) in [6, 6.07) is 7.86. The summed E-state index contributed by atoms with van der Waals surface area (Å²) in [7, 11) is 0. The van der Waals surface area contributed by atoms with Gasteiger partial charge in [0.15, 0.2) is 11.6 Å². The van der Waals surface area contributed by atoms with E-state index in [9.17, 15) is 9.18 Å². The fraction of sp³-hybridized carbons (Fsp3) is 0.429. The Kier molecular flexibility index (Phi) is 6.08. The van der Waals surface area contributed by atoms with Crippen LogP contribution in [0, 0.1) is 5.82 Å². The summed E-state index contributed by atoms with van der Waals surface area (Å²) in [5.41, 5.74) is 1.08. The van der Waals surface area contributed by atoms with Gasteiger partial charge in [-0.1, -0.05) is 11.6 Å². The lowest BCUT2D eigenvalue weighted by Crippen LogP contribution is -2.36. The maximum Gasteiger partial charge on any atom is 0.410 e. The van der Waals surface area contributed by atoms with Crippen LogP contribution in [0.25, 0.3) is 0 Å². The lowest BCUT2D eigenvalue weighted by Gasteiger charge is -2.28. The van der Waals surface area contributed by atoms with Crippen molar-refractivity contribution in [2.75, 3.05) is 6.54 Å². The van der Waals surface area contributed by atoms with Gasteiger partial charge in [-0.15, -0.1) is 0 Å². The van der Waals surface area contributed by atoms with Gasteiger partial charge in [-0.05, 0) is 69.5 Å². The van der Waals surface area contributed by atoms with Crippen molar-refractivity contribution in [3.63, 3.8) is 0 Å². The normalized spacial score (nSPS) is 16.9. The van der Waals surface area contributed by atoms with Gasteiger partial charge in [0.1, 0.15) is 12.2 Å². The van der Waals surface area contributed by atoms with Gasteiger partial charge in [-0.2, -0.15) is 0 Å². The van der Waals surface area contributed by atoms with Crippen molar-refractivity contribution in [2.45, 2.75) is 51.9 Å². The predicted octanol–water partition coefficient (Wildman–Crippen LogP) is 5.53. The van der Waals surface area contributed by atoms with Gasteiger partial charge >= 0.3 is 6.09 Å². The van der Waals surface area contributed by atoms with E-state index in [2.05, 4.69) is 4.98 Å². The third-order valence-corrected chi connectivity index (χ3v) is 4.59. The van der Waals surface area contributed by atoms with Crippen molar-refractivity contribution in [2.24, 2.45) is 0 Å². The van der Waals surface area contributed by atoms with Crippen molar-refractivity contribution in [3.8, 4) is 5.75 Å². The molecular weight excluding hydrogens is 383 g/mol. The number of carbonyl (C=O) groups excluding carboxylic acids is 1. The van der Waals surface area contributed by atoms with E-state index >= 15 is 0 Å². The summed E-state index contributed by atoms with van der Waals surface area (Å²) in [6.45, 7) is 6.37. The molecule has 0 N–H and O–H groups in total. The number of aromatic nitrogens is 1. The smallest absolute Gasteiger partial charge is 0.410 e. The maximum absolute atomic E-state index is 13.9. The molecule has 1 unspecified atom stereocenters. The summed E-state index contributed by atoms with van der Waals surface area (Å²) in [4.78, 5) is 18.7. The first-order chi connectivity index (χ1) is 13.2. The van der Waals surface area contributed by atoms with Crippen molar-refractivity contribution in [1.82, 2.24) is 9.88 Å². The molecule has 0 spiro atoms. The van der Waals surface area contributed by atoms with Crippen molar-refractivity contribution in [3.05, 3.63) is 58.6 Å². The van der Waals surface area contributed by atoms with E-state index < -0.39 is 11.4 Å². The lowest BCUT2D eigenvalue weighted by atomic mass is 10.1. The topological polar surface area (TPSA) is 51.7 Å². The third kappa shape index (κ3) is 5.13. The highest BCUT2D eigenvalue weighted by molar-refractivity contribution is 6.30. The van der Waals surface area contributed by atoms with Gasteiger partial charge in [-0.3, -0.25) is 9.88 Å². The average Bonchev–Trinajstić information content (AvgIpc) is 3.10. The SMILES string of the molecule is CC(C)(C)OC(=O)N1CCCC1c1cc(COc2ccc(Cl)cc2F)ccn1. The molecule has 3 rings (SSSR count). The fourth-order valence-corrected chi connectivity index (χ4v) is 3.29. The van der Waals surface area contributed by atoms with E-state index in [1.165, 1.54) is 12.1 Å². The highest BCUT2D eigenvalue weighted by Gasteiger charge is 2.34. The van der Waals surface area contributed by atoms with Gasteiger partial charge < -0.3 is 9.47 Å². The summed E-state index contributed by atoms with van der Waals surface area (Å²) < 4.78 is 25.0. The van der Waals surface area contributed by atoms with Crippen LogP contribution < -0.4 is 4.74 Å². The minimum Gasteiger partial charge on any atom is -0.486 e. The van der Waals surface area contributed by atoms with Crippen LogP contribution in [0.3, 0.4) is 0 Å². The van der Waals surface area contributed by atoms with Crippen LogP contribution in [0.5, 0.6) is 5.75 Å². The molecule has 2 heterocycles. The maximum atomic E-state index is 13.9. The molecule has 1 aromatic heterocycles. The number of pyridine rings is 1. The molecule has 1 aromatic carbocycles. The van der Waals surface area contributed by atoms with Crippen molar-refractivity contribution in [1.29, 1.82) is 0 Å². The first-order valence-electron chi connectivity index (χ1n) is 9.25. The van der Waals surface area contributed by atoms with E-state index in [0.717, 1.165) is 24.1 Å². The van der Waals surface area contributed by atoms with Crippen LogP contribution in [0.1, 0.15) is 50.9 Å². The van der Waals surface area contributed by atoms with Gasteiger partial charge in [0.05, 0.1) is 11.7 Å². The second kappa shape index (κ2) is 8.35. The Morgan fingerprint density at radius 2 is 2.11 bits per heavy atom. The van der Waals surface area contributed by atoms with E-state index in [1.54, 1.807) is 17.2 Å². The zero-order valence-electron chi connectivity index (χ0n) is 16.2. The number of rotatable bonds is 4. The molecular formula is C21H24ClFN2O3. The second-order valence-corrected chi connectivity index (χ2v) is 8.22. The van der Waals surface area contributed by atoms with Crippen molar-refractivity contribution >= 4 is 17.7 Å². The molecule has 1 aliphatic heterocycles. The number of ether oxygens (including phenoxy) is 2. The zero-order valence-corrected chi connectivity index (χ0v) is 17.0. The first-order valence-corrected chi connectivity index (χ1v) is 9.63. The summed E-state index contributed by atoms with van der Waals surface area (Å²) in [5.74, 6) is -0.368. The van der Waals surface area contributed by atoms with E-state index in [-0.39, 0.29) is 24.5 Å². The minimum absolute atomic E-state index is 0.137. The van der Waals surface area contributed by atoms with E-state index in [1.807, 2.05) is 32.9 Å². The van der Waals surface area contributed by atoms with E-state index in [4.69, 9.17) is 21.1 Å². The molecule has 0 bridgehead atoms. The second-order valence-electron chi connectivity index (χ2n) is 7.78. The van der Waals surface area contributed by atoms with Crippen LogP contribution in [0.15, 0.2) is 36.5 Å². The number of halogens is 2. The molecule has 0 saturated carbocycles. The molecule has 1 fully saturated rings. The Labute approximate surface area is 169 Å². The van der Waals surface area contributed by atoms with Gasteiger partial charge in [0.25, 0.3) is 0 Å². The molecule has 0 radical (unpaired) electrons. The Balaban J connectivity index is 1.70. The van der Waals surface area contributed by atoms with Gasteiger partial charge in [0.2, 0.25) is 0 Å². The first kappa shape index (κ1) is 20.4. The van der Waals surface area contributed by atoms with Crippen molar-refractivity contribution < 1.29 is 18.7 Å². The molecule has 28 heavy (non-hydrogen) atoms. The number of benzene rings is 1. The molecule has 7 heteroatoms. The molecule has 0 aliphatic carbocycles. The molecule has 1 saturated heterocycles. The lowest BCUT2D eigenvalue weighted by molar-refractivity contribution is 0.0221. The van der Waals surface area contributed by atoms with Crippen LogP contribution in [0.4, 0.5) is 9.18 Å². The highest BCUT2D eigenvalue weighted by atomic mass is 35.5. The zero-order chi connectivity index (χ0) is 20.3. The number of amides is 1. The Hall–Kier alpha value is -2.34. The quantitative estimate of drug-likeness (QED) is 0.670. The summed E-state index contributed by atoms with van der Waals surface area (Å²) >= 11 is 5.76. The van der Waals surface area contributed by atoms with E-state index in [0.29, 0.717) is 11.6 Å². The van der Waals surface area contributed by atoms with Crippen LogP contribution in [-0.4, -0.2) is 28.1 Å².